The Kier molecular flexibility index (Phi) is 7.52. The molecule has 1 aromatic rings. The Bertz CT molecular complexity index is 1280. The van der Waals surface area contributed by atoms with Crippen LogP contribution >= 0.6 is 0 Å². The molecule has 41 heavy (non-hydrogen) atoms. The number of ketones is 1. The molecule has 3 saturated carbocycles. The number of hydrogen-bond donors (Lipinski definition) is 3. The molecule has 0 saturated heterocycles. The normalized spacial score (nSPS) is 39.2. The lowest BCUT2D eigenvalue weighted by Gasteiger charge is -2.62. The first-order chi connectivity index (χ1) is 19.4. The van der Waals surface area contributed by atoms with Crippen molar-refractivity contribution in [2.45, 2.75) is 70.2 Å². The van der Waals surface area contributed by atoms with E-state index in [2.05, 4.69) is 5.32 Å². The number of allylic oxidation sites excluding steroid dienone is 4. The lowest BCUT2D eigenvalue weighted by Crippen LogP contribution is -2.70. The Hall–Kier alpha value is -2.91. The standard InChI is InChI=1S/C32H42FNO7/c1-19-15-24-23-9-7-20-16-21(35)11-12-29(20,2)31(23,33)27(36)18-30(24,3)32(19,38)28(37)34-13-6-14-41-22-8-10-25(39-4)26(17-22)40-5/h8,10-12,16-17,19,23-24,27,36,38H,6-7,9,13-15,18H2,1-5H3,(H,34,37)/t19-,23+,24+,27+,29+,30+,31+,32+/m1/s1. The van der Waals surface area contributed by atoms with Crippen LogP contribution in [-0.4, -0.2) is 66.6 Å². The van der Waals surface area contributed by atoms with Crippen LogP contribution in [0.3, 0.4) is 0 Å². The Morgan fingerprint density at radius 1 is 1.17 bits per heavy atom. The smallest absolute Gasteiger partial charge is 0.252 e. The average molecular weight is 572 g/mol. The number of alkyl halides is 1. The summed E-state index contributed by atoms with van der Waals surface area (Å²) in [5, 5.41) is 26.4. The van der Waals surface area contributed by atoms with E-state index in [-0.39, 0.29) is 24.7 Å². The van der Waals surface area contributed by atoms with Crippen LogP contribution in [0, 0.1) is 28.6 Å². The fraction of sp³-hybridized carbons (Fsp3) is 0.625. The lowest BCUT2D eigenvalue weighted by atomic mass is 9.44. The fourth-order valence-corrected chi connectivity index (χ4v) is 8.54. The molecule has 1 aromatic carbocycles. The topological polar surface area (TPSA) is 114 Å². The van der Waals surface area contributed by atoms with Crippen LogP contribution in [0.2, 0.25) is 0 Å². The van der Waals surface area contributed by atoms with Crippen molar-refractivity contribution in [1.82, 2.24) is 5.32 Å². The summed E-state index contributed by atoms with van der Waals surface area (Å²) in [6.07, 6.45) is 5.04. The van der Waals surface area contributed by atoms with Crippen molar-refractivity contribution in [2.75, 3.05) is 27.4 Å². The molecule has 9 heteroatoms. The molecular weight excluding hydrogens is 529 g/mol. The Morgan fingerprint density at radius 3 is 2.61 bits per heavy atom. The van der Waals surface area contributed by atoms with Crippen LogP contribution in [0.15, 0.2) is 42.0 Å². The maximum atomic E-state index is 17.3. The summed E-state index contributed by atoms with van der Waals surface area (Å²) in [6.45, 7) is 6.05. The number of amides is 1. The largest absolute Gasteiger partial charge is 0.493 e. The van der Waals surface area contributed by atoms with Gasteiger partial charge in [-0.1, -0.05) is 25.5 Å². The van der Waals surface area contributed by atoms with Crippen molar-refractivity contribution in [3.05, 3.63) is 42.0 Å². The van der Waals surface area contributed by atoms with Gasteiger partial charge in [-0.05, 0) is 75.1 Å². The highest BCUT2D eigenvalue weighted by Crippen LogP contribution is 2.70. The van der Waals surface area contributed by atoms with Gasteiger partial charge < -0.3 is 29.7 Å². The highest BCUT2D eigenvalue weighted by Gasteiger charge is 2.75. The third-order valence-corrected chi connectivity index (χ3v) is 10.8. The van der Waals surface area contributed by atoms with Crippen LogP contribution in [0.25, 0.3) is 0 Å². The molecule has 0 unspecified atom stereocenters. The predicted molar refractivity (Wildman–Crippen MR) is 151 cm³/mol. The summed E-state index contributed by atoms with van der Waals surface area (Å²) in [5.74, 6) is -0.194. The highest BCUT2D eigenvalue weighted by atomic mass is 19.1. The number of carbonyl (C=O) groups excluding carboxylic acids is 2. The second-order valence-electron chi connectivity index (χ2n) is 12.6. The first-order valence-corrected chi connectivity index (χ1v) is 14.5. The molecule has 0 radical (unpaired) electrons. The number of benzene rings is 1. The summed E-state index contributed by atoms with van der Waals surface area (Å²) in [6, 6.07) is 5.25. The summed E-state index contributed by atoms with van der Waals surface area (Å²) in [4.78, 5) is 25.7. The van der Waals surface area contributed by atoms with Crippen molar-refractivity contribution >= 4 is 11.7 Å². The summed E-state index contributed by atoms with van der Waals surface area (Å²) < 4.78 is 33.6. The molecule has 1 amide bonds. The lowest BCUT2D eigenvalue weighted by molar-refractivity contribution is -0.219. The molecule has 4 aliphatic rings. The molecule has 5 rings (SSSR count). The van der Waals surface area contributed by atoms with Crippen molar-refractivity contribution in [2.24, 2.45) is 28.6 Å². The maximum absolute atomic E-state index is 17.3. The van der Waals surface area contributed by atoms with Gasteiger partial charge in [0.15, 0.2) is 28.6 Å². The van der Waals surface area contributed by atoms with Gasteiger partial charge in [-0.3, -0.25) is 9.59 Å². The Morgan fingerprint density at radius 2 is 1.90 bits per heavy atom. The molecule has 0 aromatic heterocycles. The van der Waals surface area contributed by atoms with Gasteiger partial charge in [-0.2, -0.15) is 0 Å². The minimum Gasteiger partial charge on any atom is -0.493 e. The number of nitrogens with one attached hydrogen (secondary N) is 1. The predicted octanol–water partition coefficient (Wildman–Crippen LogP) is 3.94. The molecular formula is C32H42FNO7. The molecule has 0 spiro atoms. The minimum absolute atomic E-state index is 0.0496. The van der Waals surface area contributed by atoms with E-state index in [0.29, 0.717) is 55.1 Å². The molecule has 0 heterocycles. The van der Waals surface area contributed by atoms with Gasteiger partial charge in [0.05, 0.1) is 26.9 Å². The first-order valence-electron chi connectivity index (χ1n) is 14.5. The Balaban J connectivity index is 1.27. The van der Waals surface area contributed by atoms with E-state index >= 15 is 4.39 Å². The van der Waals surface area contributed by atoms with Crippen LogP contribution < -0.4 is 19.5 Å². The number of fused-ring (bicyclic) bond motifs is 5. The van der Waals surface area contributed by atoms with Gasteiger partial charge in [-0.25, -0.2) is 4.39 Å². The average Bonchev–Trinajstić information content (AvgIpc) is 3.15. The van der Waals surface area contributed by atoms with Gasteiger partial charge in [0.25, 0.3) is 5.91 Å². The van der Waals surface area contributed by atoms with Crippen LogP contribution in [0.5, 0.6) is 17.2 Å². The SMILES string of the molecule is COc1ccc(OCCCNC(=O)[C@@]2(O)[C@H](C)C[C@H]3[C@@H]4CCC5=CC(=O)C=C[C@]5(C)[C@@]4(F)[C@@H](O)C[C@@]32C)cc1OC. The zero-order valence-corrected chi connectivity index (χ0v) is 24.5. The van der Waals surface area contributed by atoms with Gasteiger partial charge >= 0.3 is 0 Å². The van der Waals surface area contributed by atoms with Gasteiger partial charge in [0.2, 0.25) is 0 Å². The number of ether oxygens (including phenoxy) is 3. The zero-order chi connectivity index (χ0) is 29.8. The molecule has 224 valence electrons. The minimum atomic E-state index is -2.00. The molecule has 8 atom stereocenters. The summed E-state index contributed by atoms with van der Waals surface area (Å²) >= 11 is 0. The first kappa shape index (κ1) is 29.6. The highest BCUT2D eigenvalue weighted by molar-refractivity contribution is 6.01. The molecule has 3 N–H and O–H groups in total. The Labute approximate surface area is 240 Å². The van der Waals surface area contributed by atoms with E-state index < -0.39 is 45.9 Å². The van der Waals surface area contributed by atoms with E-state index in [4.69, 9.17) is 14.2 Å². The summed E-state index contributed by atoms with van der Waals surface area (Å²) in [5.41, 5.74) is -5.18. The second kappa shape index (κ2) is 10.4. The third-order valence-electron chi connectivity index (χ3n) is 10.8. The number of aliphatic hydroxyl groups excluding tert-OH is 1. The molecule has 0 aliphatic heterocycles. The van der Waals surface area contributed by atoms with Crippen molar-refractivity contribution in [1.29, 1.82) is 0 Å². The van der Waals surface area contributed by atoms with Crippen LogP contribution in [0.1, 0.15) is 52.9 Å². The van der Waals surface area contributed by atoms with E-state index in [1.54, 1.807) is 45.4 Å². The third kappa shape index (κ3) is 4.22. The van der Waals surface area contributed by atoms with E-state index in [1.807, 2.05) is 13.8 Å². The summed E-state index contributed by atoms with van der Waals surface area (Å²) in [7, 11) is 3.11. The molecule has 0 bridgehead atoms. The van der Waals surface area contributed by atoms with Gasteiger partial charge in [-0.15, -0.1) is 0 Å². The molecule has 4 aliphatic carbocycles. The number of methoxy groups -OCH3 is 2. The molecule has 8 nitrogen and oxygen atoms in total. The van der Waals surface area contributed by atoms with Crippen LogP contribution in [0.4, 0.5) is 4.39 Å². The number of hydrogen-bond acceptors (Lipinski definition) is 7. The monoisotopic (exact) mass is 571 g/mol. The van der Waals surface area contributed by atoms with Crippen LogP contribution in [-0.2, 0) is 9.59 Å². The quantitative estimate of drug-likeness (QED) is 0.405. The van der Waals surface area contributed by atoms with E-state index in [9.17, 15) is 19.8 Å². The second-order valence-corrected chi connectivity index (χ2v) is 12.6. The van der Waals surface area contributed by atoms with E-state index in [0.717, 1.165) is 0 Å². The maximum Gasteiger partial charge on any atom is 0.252 e. The van der Waals surface area contributed by atoms with Gasteiger partial charge in [0, 0.05) is 29.4 Å². The number of carbonyl (C=O) groups is 2. The fourth-order valence-electron chi connectivity index (χ4n) is 8.54. The zero-order valence-electron chi connectivity index (χ0n) is 24.5. The van der Waals surface area contributed by atoms with E-state index in [1.165, 1.54) is 12.2 Å². The number of rotatable bonds is 8. The number of halogens is 1. The van der Waals surface area contributed by atoms with Gasteiger partial charge in [0.1, 0.15) is 5.75 Å². The van der Waals surface area contributed by atoms with Crippen molar-refractivity contribution in [3.63, 3.8) is 0 Å². The van der Waals surface area contributed by atoms with Crippen molar-refractivity contribution in [3.8, 4) is 17.2 Å². The molecule has 3 fully saturated rings. The van der Waals surface area contributed by atoms with Crippen molar-refractivity contribution < 1.29 is 38.4 Å². The number of aliphatic hydroxyl groups is 2.